The van der Waals surface area contributed by atoms with Gasteiger partial charge < -0.3 is 5.32 Å². The Balaban J connectivity index is 1.93. The molecule has 1 rings (SSSR count). The molecule has 0 spiro atoms. The largest absolute Gasteiger partial charge is 0.317 e. The minimum Gasteiger partial charge on any atom is -0.317 e. The van der Waals surface area contributed by atoms with Crippen LogP contribution in [0.3, 0.4) is 0 Å². The Morgan fingerprint density at radius 1 is 1.33 bits per heavy atom. The van der Waals surface area contributed by atoms with Gasteiger partial charge in [-0.2, -0.15) is 5.10 Å². The monoisotopic (exact) mass is 229 g/mol. The van der Waals surface area contributed by atoms with Crippen molar-refractivity contribution in [2.24, 2.45) is 0 Å². The molecule has 0 atom stereocenters. The van der Waals surface area contributed by atoms with Crippen molar-refractivity contribution < 1.29 is 0 Å². The second-order valence-corrected chi connectivity index (χ2v) is 4.13. The lowest BCUT2D eigenvalue weighted by molar-refractivity contribution is 0.527. The minimum absolute atomic E-state index is 0.724. The average Bonchev–Trinajstić information content (AvgIpc) is 2.63. The first-order chi connectivity index (χ1) is 7.33. The Bertz CT molecular complexity index is 260. The van der Waals surface area contributed by atoms with Crippen LogP contribution < -0.4 is 5.32 Å². The van der Waals surface area contributed by atoms with Gasteiger partial charge in [0.15, 0.2) is 0 Å². The summed E-state index contributed by atoms with van der Waals surface area (Å²) in [6, 6.07) is 0. The quantitative estimate of drug-likeness (QED) is 0.695. The molecule has 1 aromatic heterocycles. The maximum Gasteiger partial charge on any atom is 0.0785 e. The number of nitrogens with zero attached hydrogens (tertiary/aromatic N) is 2. The maximum absolute atomic E-state index is 5.77. The molecule has 1 heterocycles. The van der Waals surface area contributed by atoms with Crippen molar-refractivity contribution in [3.05, 3.63) is 17.4 Å². The van der Waals surface area contributed by atoms with Crippen LogP contribution in [0, 0.1) is 0 Å². The highest BCUT2D eigenvalue weighted by Crippen LogP contribution is 2.06. The summed E-state index contributed by atoms with van der Waals surface area (Å²) in [5, 5.41) is 8.18. The van der Waals surface area contributed by atoms with Crippen LogP contribution in [0.5, 0.6) is 0 Å². The van der Waals surface area contributed by atoms with Crippen LogP contribution in [0.4, 0.5) is 0 Å². The van der Waals surface area contributed by atoms with Gasteiger partial charge in [0.25, 0.3) is 0 Å². The number of unbranched alkanes of at least 4 members (excludes halogenated alkanes) is 3. The number of hydrogen-bond acceptors (Lipinski definition) is 2. The molecule has 0 bridgehead atoms. The lowest BCUT2D eigenvalue weighted by Crippen LogP contribution is -2.13. The molecule has 0 radical (unpaired) electrons. The van der Waals surface area contributed by atoms with Crippen molar-refractivity contribution in [1.82, 2.24) is 15.1 Å². The summed E-state index contributed by atoms with van der Waals surface area (Å²) in [7, 11) is 0. The van der Waals surface area contributed by atoms with Crippen LogP contribution in [0.15, 0.2) is 12.4 Å². The summed E-state index contributed by atoms with van der Waals surface area (Å²) >= 11 is 5.77. The third kappa shape index (κ3) is 5.80. The highest BCUT2D eigenvalue weighted by atomic mass is 35.5. The summed E-state index contributed by atoms with van der Waals surface area (Å²) in [4.78, 5) is 0. The molecule has 0 aliphatic carbocycles. The normalized spacial score (nSPS) is 10.8. The molecule has 0 amide bonds. The van der Waals surface area contributed by atoms with E-state index in [1.165, 1.54) is 25.7 Å². The van der Waals surface area contributed by atoms with Gasteiger partial charge in [-0.3, -0.25) is 4.68 Å². The van der Waals surface area contributed by atoms with Gasteiger partial charge in [0.1, 0.15) is 0 Å². The molecule has 15 heavy (non-hydrogen) atoms. The first-order valence-electron chi connectivity index (χ1n) is 5.71. The van der Waals surface area contributed by atoms with E-state index in [0.29, 0.717) is 0 Å². The zero-order chi connectivity index (χ0) is 10.9. The molecule has 0 saturated heterocycles. The van der Waals surface area contributed by atoms with Crippen molar-refractivity contribution >= 4 is 11.6 Å². The second-order valence-electron chi connectivity index (χ2n) is 3.69. The molecule has 4 heteroatoms. The van der Waals surface area contributed by atoms with Crippen LogP contribution in [0.2, 0.25) is 5.02 Å². The summed E-state index contributed by atoms with van der Waals surface area (Å²) < 4.78 is 1.91. The topological polar surface area (TPSA) is 29.9 Å². The zero-order valence-corrected chi connectivity index (χ0v) is 10.1. The zero-order valence-electron chi connectivity index (χ0n) is 9.38. The van der Waals surface area contributed by atoms with Crippen LogP contribution >= 0.6 is 11.6 Å². The fourth-order valence-corrected chi connectivity index (χ4v) is 1.67. The smallest absolute Gasteiger partial charge is 0.0785 e. The summed E-state index contributed by atoms with van der Waals surface area (Å²) in [5.41, 5.74) is 0. The fourth-order valence-electron chi connectivity index (χ4n) is 1.51. The van der Waals surface area contributed by atoms with E-state index in [4.69, 9.17) is 11.6 Å². The highest BCUT2D eigenvalue weighted by Gasteiger charge is 1.95. The van der Waals surface area contributed by atoms with E-state index in [2.05, 4.69) is 17.3 Å². The Kier molecular flexibility index (Phi) is 6.44. The predicted octanol–water partition coefficient (Wildman–Crippen LogP) is 2.71. The third-order valence-electron chi connectivity index (χ3n) is 2.34. The van der Waals surface area contributed by atoms with Gasteiger partial charge in [-0.25, -0.2) is 0 Å². The summed E-state index contributed by atoms with van der Waals surface area (Å²) in [6.07, 6.45) is 8.58. The van der Waals surface area contributed by atoms with E-state index in [9.17, 15) is 0 Å². The van der Waals surface area contributed by atoms with E-state index in [-0.39, 0.29) is 0 Å². The Morgan fingerprint density at radius 3 is 2.80 bits per heavy atom. The molecule has 0 unspecified atom stereocenters. The predicted molar refractivity (Wildman–Crippen MR) is 64.2 cm³/mol. The molecule has 0 aliphatic heterocycles. The fraction of sp³-hybridized carbons (Fsp3) is 0.727. The SMILES string of the molecule is CCNCCCCCCn1cc(Cl)cn1. The lowest BCUT2D eigenvalue weighted by atomic mass is 10.2. The van der Waals surface area contributed by atoms with E-state index in [1.807, 2.05) is 10.9 Å². The maximum atomic E-state index is 5.77. The van der Waals surface area contributed by atoms with E-state index >= 15 is 0 Å². The van der Waals surface area contributed by atoms with Crippen LogP contribution in [0.25, 0.3) is 0 Å². The van der Waals surface area contributed by atoms with Crippen LogP contribution in [-0.2, 0) is 6.54 Å². The Hall–Kier alpha value is -0.540. The lowest BCUT2D eigenvalue weighted by Gasteiger charge is -2.02. The first-order valence-corrected chi connectivity index (χ1v) is 6.09. The molecular weight excluding hydrogens is 210 g/mol. The van der Waals surface area contributed by atoms with E-state index in [0.717, 1.165) is 24.7 Å². The molecule has 1 aromatic rings. The second kappa shape index (κ2) is 7.71. The number of hydrogen-bond donors (Lipinski definition) is 1. The minimum atomic E-state index is 0.724. The van der Waals surface area contributed by atoms with Gasteiger partial charge >= 0.3 is 0 Å². The van der Waals surface area contributed by atoms with E-state index in [1.54, 1.807) is 6.20 Å². The molecule has 1 N–H and O–H groups in total. The van der Waals surface area contributed by atoms with Gasteiger partial charge in [0.05, 0.1) is 11.2 Å². The Morgan fingerprint density at radius 2 is 2.13 bits per heavy atom. The molecule has 0 fully saturated rings. The number of nitrogens with one attached hydrogen (secondary N) is 1. The molecule has 0 aliphatic rings. The third-order valence-corrected chi connectivity index (χ3v) is 2.54. The molecule has 0 aromatic carbocycles. The van der Waals surface area contributed by atoms with Crippen molar-refractivity contribution in [1.29, 1.82) is 0 Å². The Labute approximate surface area is 96.8 Å². The average molecular weight is 230 g/mol. The summed E-state index contributed by atoms with van der Waals surface area (Å²) in [6.45, 7) is 5.34. The number of aryl methyl sites for hydroxylation is 1. The van der Waals surface area contributed by atoms with Crippen molar-refractivity contribution in [2.45, 2.75) is 39.2 Å². The van der Waals surface area contributed by atoms with Gasteiger partial charge in [-0.05, 0) is 25.9 Å². The van der Waals surface area contributed by atoms with Gasteiger partial charge in [0, 0.05) is 12.7 Å². The van der Waals surface area contributed by atoms with Crippen molar-refractivity contribution in [2.75, 3.05) is 13.1 Å². The van der Waals surface area contributed by atoms with Gasteiger partial charge in [-0.1, -0.05) is 31.4 Å². The standard InChI is InChI=1S/C11H20ClN3/c1-2-13-7-5-3-4-6-8-15-10-11(12)9-14-15/h9-10,13H,2-8H2,1H3. The highest BCUT2D eigenvalue weighted by molar-refractivity contribution is 6.30. The van der Waals surface area contributed by atoms with Crippen molar-refractivity contribution in [3.8, 4) is 0 Å². The molecule has 0 saturated carbocycles. The number of rotatable bonds is 8. The molecular formula is C11H20ClN3. The van der Waals surface area contributed by atoms with Crippen LogP contribution in [0.1, 0.15) is 32.6 Å². The van der Waals surface area contributed by atoms with Gasteiger partial charge in [0.2, 0.25) is 0 Å². The molecule has 86 valence electrons. The number of halogens is 1. The van der Waals surface area contributed by atoms with Crippen molar-refractivity contribution in [3.63, 3.8) is 0 Å². The van der Waals surface area contributed by atoms with Crippen LogP contribution in [-0.4, -0.2) is 22.9 Å². The van der Waals surface area contributed by atoms with E-state index < -0.39 is 0 Å². The first kappa shape index (κ1) is 12.5. The summed E-state index contributed by atoms with van der Waals surface area (Å²) in [5.74, 6) is 0. The molecule has 3 nitrogen and oxygen atoms in total. The van der Waals surface area contributed by atoms with Gasteiger partial charge in [-0.15, -0.1) is 0 Å². The number of aromatic nitrogens is 2.